The minimum Gasteiger partial charge on any atom is -0.375 e. The van der Waals surface area contributed by atoms with E-state index in [1.54, 1.807) is 16.6 Å². The molecule has 1 amide bonds. The Bertz CT molecular complexity index is 1180. The average Bonchev–Trinajstić information content (AvgIpc) is 3.16. The Kier molecular flexibility index (Phi) is 4.80. The van der Waals surface area contributed by atoms with E-state index in [4.69, 9.17) is 0 Å². The number of H-pyrrole nitrogens is 1. The number of fused-ring (bicyclic) bond motifs is 3. The molecule has 0 spiro atoms. The summed E-state index contributed by atoms with van der Waals surface area (Å²) in [4.78, 5) is 29.8. The number of para-hydroxylation sites is 2. The summed E-state index contributed by atoms with van der Waals surface area (Å²) in [6.45, 7) is 1.35. The van der Waals surface area contributed by atoms with Crippen molar-refractivity contribution in [3.63, 3.8) is 0 Å². The van der Waals surface area contributed by atoms with Crippen LogP contribution >= 0.6 is 0 Å². The summed E-state index contributed by atoms with van der Waals surface area (Å²) in [7, 11) is 2.03. The number of carbonyl (C=O) groups excluding carboxylic acids is 1. The summed E-state index contributed by atoms with van der Waals surface area (Å²) < 4.78 is 1.59. The molecular formula is C21H21N5O2. The molecule has 0 aliphatic rings. The predicted molar refractivity (Wildman–Crippen MR) is 110 cm³/mol. The van der Waals surface area contributed by atoms with Gasteiger partial charge in [-0.1, -0.05) is 30.3 Å². The number of benzene rings is 2. The first kappa shape index (κ1) is 17.8. The maximum atomic E-state index is 12.6. The van der Waals surface area contributed by atoms with E-state index in [1.807, 2.05) is 37.4 Å². The lowest BCUT2D eigenvalue weighted by Crippen LogP contribution is -2.28. The summed E-state index contributed by atoms with van der Waals surface area (Å²) in [5, 5.41) is 7.73. The van der Waals surface area contributed by atoms with Gasteiger partial charge in [0.15, 0.2) is 0 Å². The van der Waals surface area contributed by atoms with E-state index in [-0.39, 0.29) is 11.5 Å². The number of aromatic nitrogens is 3. The summed E-state index contributed by atoms with van der Waals surface area (Å²) >= 11 is 0. The summed E-state index contributed by atoms with van der Waals surface area (Å²) in [6, 6.07) is 17.3. The van der Waals surface area contributed by atoms with Crippen molar-refractivity contribution in [1.82, 2.24) is 19.9 Å². The number of anilines is 1. The van der Waals surface area contributed by atoms with Gasteiger partial charge in [-0.05, 0) is 30.7 Å². The number of nitrogens with one attached hydrogen (secondary N) is 2. The van der Waals surface area contributed by atoms with Crippen LogP contribution in [0, 0.1) is 0 Å². The van der Waals surface area contributed by atoms with Crippen molar-refractivity contribution in [2.75, 3.05) is 25.0 Å². The fraction of sp³-hybridized carbons (Fsp3) is 0.190. The summed E-state index contributed by atoms with van der Waals surface area (Å²) in [5.41, 5.74) is 2.34. The van der Waals surface area contributed by atoms with Crippen molar-refractivity contribution in [1.29, 1.82) is 0 Å². The molecule has 0 radical (unpaired) electrons. The number of hydrogen-bond acceptors (Lipinski definition) is 4. The molecule has 142 valence electrons. The highest BCUT2D eigenvalue weighted by atomic mass is 16.1. The Morgan fingerprint density at radius 3 is 2.71 bits per heavy atom. The van der Waals surface area contributed by atoms with E-state index in [0.717, 1.165) is 18.7 Å². The molecule has 4 aromatic rings. The van der Waals surface area contributed by atoms with Gasteiger partial charge in [0, 0.05) is 25.8 Å². The number of hydrogen-bond donors (Lipinski definition) is 2. The molecule has 0 unspecified atom stereocenters. The van der Waals surface area contributed by atoms with Crippen LogP contribution in [0.5, 0.6) is 0 Å². The van der Waals surface area contributed by atoms with Crippen LogP contribution in [0.15, 0.2) is 65.6 Å². The average molecular weight is 375 g/mol. The Labute approximate surface area is 161 Å². The third-order valence-electron chi connectivity index (χ3n) is 4.78. The lowest BCUT2D eigenvalue weighted by atomic mass is 10.2. The van der Waals surface area contributed by atoms with Gasteiger partial charge in [-0.15, -0.1) is 0 Å². The Morgan fingerprint density at radius 1 is 1.14 bits per heavy atom. The second-order valence-corrected chi connectivity index (χ2v) is 6.66. The van der Waals surface area contributed by atoms with E-state index in [0.29, 0.717) is 28.7 Å². The molecule has 28 heavy (non-hydrogen) atoms. The largest absolute Gasteiger partial charge is 0.375 e. The zero-order valence-electron chi connectivity index (χ0n) is 15.6. The number of aromatic amines is 1. The highest BCUT2D eigenvalue weighted by molar-refractivity contribution is 6.00. The van der Waals surface area contributed by atoms with Crippen LogP contribution in [0.4, 0.5) is 5.69 Å². The second-order valence-electron chi connectivity index (χ2n) is 6.66. The second kappa shape index (κ2) is 7.56. The molecule has 4 rings (SSSR count). The number of nitrogens with zero attached hydrogens (tertiary/aromatic N) is 3. The molecule has 0 atom stereocenters. The summed E-state index contributed by atoms with van der Waals surface area (Å²) in [6.07, 6.45) is 2.29. The van der Waals surface area contributed by atoms with Gasteiger partial charge in [0.05, 0.1) is 17.1 Å². The zero-order valence-corrected chi connectivity index (χ0v) is 15.6. The van der Waals surface area contributed by atoms with Crippen LogP contribution in [0.25, 0.3) is 16.6 Å². The number of rotatable bonds is 6. The zero-order chi connectivity index (χ0) is 19.5. The molecule has 2 aromatic carbocycles. The van der Waals surface area contributed by atoms with E-state index in [2.05, 4.69) is 32.4 Å². The Balaban J connectivity index is 1.44. The van der Waals surface area contributed by atoms with Gasteiger partial charge < -0.3 is 15.2 Å². The van der Waals surface area contributed by atoms with E-state index in [9.17, 15) is 9.59 Å². The van der Waals surface area contributed by atoms with E-state index in [1.165, 1.54) is 6.20 Å². The third kappa shape index (κ3) is 3.34. The fourth-order valence-corrected chi connectivity index (χ4v) is 3.27. The van der Waals surface area contributed by atoms with Crippen LogP contribution in [-0.2, 0) is 0 Å². The van der Waals surface area contributed by atoms with Crippen LogP contribution in [0.3, 0.4) is 0 Å². The van der Waals surface area contributed by atoms with Gasteiger partial charge in [0.25, 0.3) is 11.5 Å². The molecular weight excluding hydrogens is 354 g/mol. The van der Waals surface area contributed by atoms with Gasteiger partial charge in [-0.3, -0.25) is 9.59 Å². The van der Waals surface area contributed by atoms with Gasteiger partial charge in [0.2, 0.25) is 0 Å². The molecule has 0 aliphatic heterocycles. The molecule has 7 heteroatoms. The molecule has 0 aliphatic carbocycles. The first-order valence-corrected chi connectivity index (χ1v) is 9.18. The van der Waals surface area contributed by atoms with Gasteiger partial charge in [-0.25, -0.2) is 4.52 Å². The standard InChI is InChI=1S/C21H21N5O2/c1-25(15-8-3-2-4-9-15)13-7-12-22-20(27)17-14-23-26-18-11-6-5-10-16(18)21(28)24-19(17)26/h2-6,8-11,14H,7,12-13H2,1H3,(H,22,27)(H,24,28). The Morgan fingerprint density at radius 2 is 1.89 bits per heavy atom. The first-order chi connectivity index (χ1) is 13.6. The lowest BCUT2D eigenvalue weighted by Gasteiger charge is -2.19. The monoisotopic (exact) mass is 375 g/mol. The predicted octanol–water partition coefficient (Wildman–Crippen LogP) is 2.43. The normalized spacial score (nSPS) is 11.0. The summed E-state index contributed by atoms with van der Waals surface area (Å²) in [5.74, 6) is -0.247. The van der Waals surface area contributed by atoms with Crippen molar-refractivity contribution >= 4 is 28.1 Å². The third-order valence-corrected chi connectivity index (χ3v) is 4.78. The van der Waals surface area contributed by atoms with Gasteiger partial charge in [0.1, 0.15) is 11.2 Å². The molecule has 0 saturated heterocycles. The molecule has 7 nitrogen and oxygen atoms in total. The van der Waals surface area contributed by atoms with Crippen LogP contribution in [0.1, 0.15) is 16.8 Å². The van der Waals surface area contributed by atoms with Crippen molar-refractivity contribution in [2.45, 2.75) is 6.42 Å². The van der Waals surface area contributed by atoms with Crippen molar-refractivity contribution in [3.8, 4) is 0 Å². The lowest BCUT2D eigenvalue weighted by molar-refractivity contribution is 0.0955. The molecule has 2 heterocycles. The molecule has 0 fully saturated rings. The Hall–Kier alpha value is -3.61. The van der Waals surface area contributed by atoms with Crippen molar-refractivity contribution < 1.29 is 4.79 Å². The number of amides is 1. The molecule has 2 aromatic heterocycles. The molecule has 2 N–H and O–H groups in total. The minimum absolute atomic E-state index is 0.234. The van der Waals surface area contributed by atoms with Gasteiger partial charge in [-0.2, -0.15) is 5.10 Å². The van der Waals surface area contributed by atoms with Crippen LogP contribution < -0.4 is 15.8 Å². The fourth-order valence-electron chi connectivity index (χ4n) is 3.27. The topological polar surface area (TPSA) is 82.5 Å². The smallest absolute Gasteiger partial charge is 0.259 e. The molecule has 0 bridgehead atoms. The SMILES string of the molecule is CN(CCCNC(=O)c1cnn2c1[nH]c(=O)c1ccccc12)c1ccccc1. The highest BCUT2D eigenvalue weighted by Gasteiger charge is 2.15. The molecule has 0 saturated carbocycles. The maximum absolute atomic E-state index is 12.6. The maximum Gasteiger partial charge on any atom is 0.259 e. The van der Waals surface area contributed by atoms with Crippen molar-refractivity contribution in [2.24, 2.45) is 0 Å². The van der Waals surface area contributed by atoms with E-state index >= 15 is 0 Å². The van der Waals surface area contributed by atoms with Crippen LogP contribution in [0.2, 0.25) is 0 Å². The van der Waals surface area contributed by atoms with Gasteiger partial charge >= 0.3 is 0 Å². The van der Waals surface area contributed by atoms with Crippen molar-refractivity contribution in [3.05, 3.63) is 76.7 Å². The number of carbonyl (C=O) groups is 1. The highest BCUT2D eigenvalue weighted by Crippen LogP contribution is 2.14. The quantitative estimate of drug-likeness (QED) is 0.507. The minimum atomic E-state index is -0.247. The van der Waals surface area contributed by atoms with Crippen LogP contribution in [-0.4, -0.2) is 40.6 Å². The first-order valence-electron chi connectivity index (χ1n) is 9.18. The van der Waals surface area contributed by atoms with E-state index < -0.39 is 0 Å².